The number of thiazole rings is 1. The molecule has 0 amide bonds. The number of aliphatic carboxylic acids is 1. The normalized spacial score (nSPS) is 23.5. The summed E-state index contributed by atoms with van der Waals surface area (Å²) in [5.74, 6) is -0.696. The first-order valence-corrected chi connectivity index (χ1v) is 6.92. The van der Waals surface area contributed by atoms with Crippen molar-refractivity contribution >= 4 is 17.3 Å². The van der Waals surface area contributed by atoms with Crippen LogP contribution in [-0.4, -0.2) is 33.5 Å². The molecule has 1 N–H and O–H groups in total. The fraction of sp³-hybridized carbons (Fsp3) is 0.667. The first kappa shape index (κ1) is 12.5. The maximum Gasteiger partial charge on any atom is 0.304 e. The van der Waals surface area contributed by atoms with Crippen LogP contribution >= 0.6 is 11.3 Å². The Morgan fingerprint density at radius 3 is 3.18 bits per heavy atom. The number of carbonyl (C=O) groups is 1. The molecule has 2 rings (SSSR count). The van der Waals surface area contributed by atoms with Gasteiger partial charge in [-0.1, -0.05) is 6.42 Å². The smallest absolute Gasteiger partial charge is 0.304 e. The van der Waals surface area contributed by atoms with Crippen LogP contribution in [0.25, 0.3) is 0 Å². The monoisotopic (exact) mass is 254 g/mol. The molecule has 1 aromatic rings. The number of piperidine rings is 1. The molecule has 17 heavy (non-hydrogen) atoms. The van der Waals surface area contributed by atoms with Crippen LogP contribution in [0.15, 0.2) is 11.7 Å². The molecule has 0 spiro atoms. The lowest BCUT2D eigenvalue weighted by Gasteiger charge is -2.38. The molecule has 0 aliphatic carbocycles. The molecule has 2 unspecified atom stereocenters. The van der Waals surface area contributed by atoms with Crippen LogP contribution in [0.2, 0.25) is 0 Å². The van der Waals surface area contributed by atoms with Gasteiger partial charge in [-0.15, -0.1) is 11.3 Å². The second-order valence-electron chi connectivity index (χ2n) is 4.57. The van der Waals surface area contributed by atoms with E-state index in [9.17, 15) is 4.79 Å². The summed E-state index contributed by atoms with van der Waals surface area (Å²) in [7, 11) is 0. The van der Waals surface area contributed by atoms with Crippen molar-refractivity contribution in [3.63, 3.8) is 0 Å². The first-order valence-electron chi connectivity index (χ1n) is 6.04. The van der Waals surface area contributed by atoms with Crippen LogP contribution in [0.1, 0.15) is 43.5 Å². The minimum atomic E-state index is -0.696. The van der Waals surface area contributed by atoms with Gasteiger partial charge in [0.2, 0.25) is 0 Å². The summed E-state index contributed by atoms with van der Waals surface area (Å²) < 4.78 is 0. The summed E-state index contributed by atoms with van der Waals surface area (Å²) in [6.45, 7) is 3.14. The number of likely N-dealkylation sites (tertiary alicyclic amines) is 1. The number of nitrogens with zero attached hydrogens (tertiary/aromatic N) is 2. The molecule has 0 radical (unpaired) electrons. The van der Waals surface area contributed by atoms with Gasteiger partial charge in [-0.05, 0) is 26.3 Å². The zero-order chi connectivity index (χ0) is 12.3. The summed E-state index contributed by atoms with van der Waals surface area (Å²) in [4.78, 5) is 18.5. The molecule has 0 aromatic carbocycles. The van der Waals surface area contributed by atoms with Crippen molar-refractivity contribution in [2.45, 2.75) is 44.7 Å². The maximum atomic E-state index is 10.9. The lowest BCUT2D eigenvalue weighted by Crippen LogP contribution is -2.42. The Hall–Kier alpha value is -0.940. The quantitative estimate of drug-likeness (QED) is 0.897. The van der Waals surface area contributed by atoms with Gasteiger partial charge in [-0.2, -0.15) is 0 Å². The third-order valence-electron chi connectivity index (χ3n) is 3.44. The van der Waals surface area contributed by atoms with Gasteiger partial charge in [-0.25, -0.2) is 0 Å². The van der Waals surface area contributed by atoms with E-state index < -0.39 is 5.97 Å². The van der Waals surface area contributed by atoms with Crippen LogP contribution in [0.4, 0.5) is 0 Å². The van der Waals surface area contributed by atoms with Crippen LogP contribution in [0.5, 0.6) is 0 Å². The Morgan fingerprint density at radius 2 is 2.53 bits per heavy atom. The van der Waals surface area contributed by atoms with Crippen molar-refractivity contribution in [3.05, 3.63) is 16.6 Å². The van der Waals surface area contributed by atoms with Gasteiger partial charge in [0.15, 0.2) is 0 Å². The lowest BCUT2D eigenvalue weighted by molar-refractivity contribution is -0.139. The van der Waals surface area contributed by atoms with Crippen molar-refractivity contribution in [1.82, 2.24) is 9.88 Å². The highest BCUT2D eigenvalue weighted by atomic mass is 32.1. The number of aromatic nitrogens is 1. The van der Waals surface area contributed by atoms with Gasteiger partial charge in [-0.3, -0.25) is 14.7 Å². The van der Waals surface area contributed by atoms with E-state index in [4.69, 9.17) is 5.11 Å². The summed E-state index contributed by atoms with van der Waals surface area (Å²) in [6, 6.07) is 0.463. The van der Waals surface area contributed by atoms with E-state index >= 15 is 0 Å². The van der Waals surface area contributed by atoms with Crippen molar-refractivity contribution in [2.24, 2.45) is 0 Å². The molecule has 1 fully saturated rings. The molecule has 5 heteroatoms. The number of carboxylic acids is 1. The second-order valence-corrected chi connectivity index (χ2v) is 5.48. The lowest BCUT2D eigenvalue weighted by atomic mass is 9.97. The first-order chi connectivity index (χ1) is 8.18. The molecular formula is C12H18N2O2S. The second kappa shape index (κ2) is 5.60. The summed E-state index contributed by atoms with van der Waals surface area (Å²) in [5.41, 5.74) is 1.84. The summed E-state index contributed by atoms with van der Waals surface area (Å²) in [6.07, 6.45) is 5.45. The van der Waals surface area contributed by atoms with E-state index in [-0.39, 0.29) is 18.5 Å². The van der Waals surface area contributed by atoms with Crippen LogP contribution in [0.3, 0.4) is 0 Å². The molecule has 94 valence electrons. The SMILES string of the molecule is CC(c1cncs1)N1CCCCC1CC(=O)O. The zero-order valence-corrected chi connectivity index (χ0v) is 10.8. The van der Waals surface area contributed by atoms with E-state index in [2.05, 4.69) is 16.8 Å². The Kier molecular flexibility index (Phi) is 4.12. The molecule has 1 aromatic heterocycles. The van der Waals surface area contributed by atoms with Crippen LogP contribution in [0, 0.1) is 0 Å². The van der Waals surface area contributed by atoms with Crippen molar-refractivity contribution < 1.29 is 9.90 Å². The third-order valence-corrected chi connectivity index (χ3v) is 4.39. The molecular weight excluding hydrogens is 236 g/mol. The fourth-order valence-corrected chi connectivity index (χ4v) is 3.25. The molecule has 0 saturated carbocycles. The van der Waals surface area contributed by atoms with E-state index in [0.29, 0.717) is 0 Å². The van der Waals surface area contributed by atoms with Gasteiger partial charge in [0.1, 0.15) is 0 Å². The summed E-state index contributed by atoms with van der Waals surface area (Å²) in [5, 5.41) is 8.96. The minimum absolute atomic E-state index is 0.179. The molecule has 2 atom stereocenters. The molecule has 1 aliphatic rings. The fourth-order valence-electron chi connectivity index (χ4n) is 2.55. The van der Waals surface area contributed by atoms with E-state index in [1.807, 2.05) is 11.7 Å². The average Bonchev–Trinajstić information content (AvgIpc) is 2.81. The summed E-state index contributed by atoms with van der Waals surface area (Å²) >= 11 is 1.65. The van der Waals surface area contributed by atoms with Crippen molar-refractivity contribution in [3.8, 4) is 0 Å². The van der Waals surface area contributed by atoms with Crippen molar-refractivity contribution in [2.75, 3.05) is 6.54 Å². The predicted molar refractivity (Wildman–Crippen MR) is 67.1 cm³/mol. The standard InChI is InChI=1S/C12H18N2O2S/c1-9(11-7-13-8-17-11)14-5-3-2-4-10(14)6-12(15)16/h7-10H,2-6H2,1H3,(H,15,16). The predicted octanol–water partition coefficient (Wildman–Crippen LogP) is 2.53. The molecule has 0 bridgehead atoms. The Balaban J connectivity index is 2.07. The molecule has 4 nitrogen and oxygen atoms in total. The van der Waals surface area contributed by atoms with Gasteiger partial charge < -0.3 is 5.11 Å². The van der Waals surface area contributed by atoms with Gasteiger partial charge in [0.05, 0.1) is 11.9 Å². The maximum absolute atomic E-state index is 10.9. The number of carboxylic acid groups (broad SMARTS) is 1. The van der Waals surface area contributed by atoms with Crippen molar-refractivity contribution in [1.29, 1.82) is 0 Å². The highest BCUT2D eigenvalue weighted by molar-refractivity contribution is 7.09. The Bertz CT molecular complexity index is 367. The molecule has 2 heterocycles. The van der Waals surface area contributed by atoms with E-state index in [1.54, 1.807) is 11.3 Å². The topological polar surface area (TPSA) is 53.4 Å². The largest absolute Gasteiger partial charge is 0.481 e. The van der Waals surface area contributed by atoms with Gasteiger partial charge >= 0.3 is 5.97 Å². The number of hydrogen-bond donors (Lipinski definition) is 1. The Morgan fingerprint density at radius 1 is 1.71 bits per heavy atom. The average molecular weight is 254 g/mol. The molecule has 1 saturated heterocycles. The third kappa shape index (κ3) is 3.04. The Labute approximate surface area is 105 Å². The zero-order valence-electron chi connectivity index (χ0n) is 10.0. The van der Waals surface area contributed by atoms with Gasteiger partial charge in [0, 0.05) is 23.2 Å². The minimum Gasteiger partial charge on any atom is -0.481 e. The van der Waals surface area contributed by atoms with Crippen LogP contribution in [-0.2, 0) is 4.79 Å². The molecule has 1 aliphatic heterocycles. The van der Waals surface area contributed by atoms with Crippen LogP contribution < -0.4 is 0 Å². The highest BCUT2D eigenvalue weighted by Gasteiger charge is 2.29. The van der Waals surface area contributed by atoms with E-state index in [1.165, 1.54) is 11.3 Å². The van der Waals surface area contributed by atoms with Gasteiger partial charge in [0.25, 0.3) is 0 Å². The van der Waals surface area contributed by atoms with E-state index in [0.717, 1.165) is 19.4 Å². The highest BCUT2D eigenvalue weighted by Crippen LogP contribution is 2.31. The number of rotatable bonds is 4. The number of hydrogen-bond acceptors (Lipinski definition) is 4.